The molecule has 1 amide bonds. The molecule has 1 heterocycles. The van der Waals surface area contributed by atoms with E-state index in [1.165, 1.54) is 0 Å². The molecular formula is C18H18F2NO2Y-. The van der Waals surface area contributed by atoms with Crippen LogP contribution in [0.2, 0.25) is 0 Å². The number of carbonyl (C=O) groups excluding carboxylic acids is 1. The molecule has 3 nitrogen and oxygen atoms in total. The van der Waals surface area contributed by atoms with E-state index in [0.29, 0.717) is 23.4 Å². The second kappa shape index (κ2) is 9.29. The molecule has 0 fully saturated rings. The van der Waals surface area contributed by atoms with E-state index < -0.39 is 13.0 Å². The minimum atomic E-state index is -2.60. The van der Waals surface area contributed by atoms with E-state index in [4.69, 9.17) is 11.2 Å². The van der Waals surface area contributed by atoms with Gasteiger partial charge < -0.3 is 9.64 Å². The van der Waals surface area contributed by atoms with Crippen LogP contribution in [0.3, 0.4) is 0 Å². The van der Waals surface area contributed by atoms with Gasteiger partial charge in [0, 0.05) is 38.6 Å². The monoisotopic (exact) mass is 407 g/mol. The molecule has 1 aromatic carbocycles. The van der Waals surface area contributed by atoms with Gasteiger partial charge in [-0.1, -0.05) is 26.2 Å². The number of hydrogen-bond acceptors (Lipinski definition) is 2. The Labute approximate surface area is 166 Å². The van der Waals surface area contributed by atoms with Crippen LogP contribution in [0.15, 0.2) is 18.2 Å². The van der Waals surface area contributed by atoms with Crippen molar-refractivity contribution in [3.63, 3.8) is 0 Å². The molecule has 0 aliphatic carbocycles. The van der Waals surface area contributed by atoms with Crippen LogP contribution in [0, 0.1) is 31.3 Å². The first-order chi connectivity index (χ1) is 10.9. The van der Waals surface area contributed by atoms with Crippen LogP contribution in [0.4, 0.5) is 8.78 Å². The average Bonchev–Trinajstić information content (AvgIpc) is 2.50. The van der Waals surface area contributed by atoms with Gasteiger partial charge in [-0.2, -0.15) is 0 Å². The standard InChI is InChI=1S/C18H18F2NO2.Y/c1-4-9-23-14-6-7-15(13(3)10-14)16-8-5-12(2)18(22)21(16)11-17(19)20;/h1,6-7,10,12,17H,5,9,11H2,2-3H3;/q-1;. The topological polar surface area (TPSA) is 29.5 Å². The summed E-state index contributed by atoms with van der Waals surface area (Å²) in [5.41, 5.74) is 1.91. The summed E-state index contributed by atoms with van der Waals surface area (Å²) in [5, 5.41) is 0. The van der Waals surface area contributed by atoms with Crippen LogP contribution >= 0.6 is 0 Å². The maximum atomic E-state index is 12.8. The summed E-state index contributed by atoms with van der Waals surface area (Å²) in [5.74, 6) is 2.34. The first kappa shape index (κ1) is 20.8. The number of terminal acetylenes is 1. The van der Waals surface area contributed by atoms with Gasteiger partial charge in [-0.25, -0.2) is 14.9 Å². The number of rotatable bonds is 5. The number of allylic oxidation sites excluding steroid dienone is 1. The number of alkyl halides is 2. The molecule has 0 saturated carbocycles. The smallest absolute Gasteiger partial charge is 0.256 e. The molecule has 0 aromatic heterocycles. The molecule has 0 N–H and O–H groups in total. The van der Waals surface area contributed by atoms with Crippen molar-refractivity contribution >= 4 is 11.6 Å². The summed E-state index contributed by atoms with van der Waals surface area (Å²) in [4.78, 5) is 13.4. The zero-order valence-corrected chi connectivity index (χ0v) is 16.5. The van der Waals surface area contributed by atoms with Gasteiger partial charge in [0.2, 0.25) is 5.91 Å². The number of nitrogens with zero attached hydrogens (tertiary/aromatic N) is 1. The number of halogens is 2. The minimum Gasteiger partial charge on any atom is -0.481 e. The van der Waals surface area contributed by atoms with Crippen LogP contribution in [0.1, 0.15) is 24.5 Å². The van der Waals surface area contributed by atoms with E-state index in [1.807, 2.05) is 6.92 Å². The third-order valence-corrected chi connectivity index (χ3v) is 3.63. The molecule has 0 spiro atoms. The van der Waals surface area contributed by atoms with Crippen molar-refractivity contribution in [3.8, 4) is 18.1 Å². The third-order valence-electron chi connectivity index (χ3n) is 3.63. The largest absolute Gasteiger partial charge is 0.481 e. The van der Waals surface area contributed by atoms with Crippen molar-refractivity contribution in [2.24, 2.45) is 5.92 Å². The van der Waals surface area contributed by atoms with E-state index in [2.05, 4.69) is 12.0 Å². The number of hydrogen-bond donors (Lipinski definition) is 0. The first-order valence-electron chi connectivity index (χ1n) is 7.31. The summed E-state index contributed by atoms with van der Waals surface area (Å²) in [6.07, 6.45) is 6.06. The molecule has 0 saturated heterocycles. The predicted molar refractivity (Wildman–Crippen MR) is 83.7 cm³/mol. The third kappa shape index (κ3) is 4.88. The number of ether oxygens (including phenoxy) is 1. The van der Waals surface area contributed by atoms with Crippen molar-refractivity contribution in [3.05, 3.63) is 35.4 Å². The van der Waals surface area contributed by atoms with Crippen LogP contribution in [0.5, 0.6) is 5.75 Å². The Morgan fingerprint density at radius 3 is 2.79 bits per heavy atom. The minimum absolute atomic E-state index is 0. The van der Waals surface area contributed by atoms with Crippen molar-refractivity contribution in [1.29, 1.82) is 0 Å². The van der Waals surface area contributed by atoms with E-state index >= 15 is 0 Å². The van der Waals surface area contributed by atoms with E-state index in [9.17, 15) is 13.6 Å². The summed E-state index contributed by atoms with van der Waals surface area (Å²) < 4.78 is 31.0. The molecule has 1 aliphatic rings. The summed E-state index contributed by atoms with van der Waals surface area (Å²) in [6.45, 7) is 3.07. The van der Waals surface area contributed by atoms with Crippen LogP contribution in [-0.4, -0.2) is 30.4 Å². The first-order valence-corrected chi connectivity index (χ1v) is 7.31. The van der Waals surface area contributed by atoms with Gasteiger partial charge >= 0.3 is 0 Å². The van der Waals surface area contributed by atoms with Crippen LogP contribution < -0.4 is 4.74 Å². The van der Waals surface area contributed by atoms with E-state index in [-0.39, 0.29) is 51.1 Å². The Bertz CT molecular complexity index is 667. The Balaban J connectivity index is 0.00000288. The molecule has 1 unspecified atom stereocenters. The van der Waals surface area contributed by atoms with Gasteiger partial charge in [-0.3, -0.25) is 4.79 Å². The number of benzene rings is 1. The Morgan fingerprint density at radius 1 is 1.50 bits per heavy atom. The van der Waals surface area contributed by atoms with Crippen LogP contribution in [0.25, 0.3) is 5.70 Å². The number of aryl methyl sites for hydroxylation is 1. The molecular weight excluding hydrogens is 389 g/mol. The molecule has 1 aromatic rings. The normalized spacial score (nSPS) is 17.2. The zero-order chi connectivity index (χ0) is 17.0. The van der Waals surface area contributed by atoms with Crippen molar-refractivity contribution in [2.45, 2.75) is 26.7 Å². The zero-order valence-electron chi connectivity index (χ0n) is 13.7. The van der Waals surface area contributed by atoms with E-state index in [0.717, 1.165) is 10.5 Å². The number of amides is 1. The Hall–Kier alpha value is -1.25. The summed E-state index contributed by atoms with van der Waals surface area (Å²) >= 11 is 0. The van der Waals surface area contributed by atoms with E-state index in [1.54, 1.807) is 25.1 Å². The van der Waals surface area contributed by atoms with Gasteiger partial charge in [0.15, 0.2) is 0 Å². The molecule has 2 rings (SSSR count). The Kier molecular flexibility index (Phi) is 8.05. The van der Waals surface area contributed by atoms with Gasteiger partial charge in [0.1, 0.15) is 12.4 Å². The number of carbonyl (C=O) groups is 1. The Morgan fingerprint density at radius 2 is 2.21 bits per heavy atom. The molecule has 24 heavy (non-hydrogen) atoms. The van der Waals surface area contributed by atoms with Gasteiger partial charge in [-0.05, 0) is 12.1 Å². The maximum absolute atomic E-state index is 12.8. The molecule has 1 radical (unpaired) electrons. The predicted octanol–water partition coefficient (Wildman–Crippen LogP) is 3.28. The van der Waals surface area contributed by atoms with Gasteiger partial charge in [-0.15, -0.1) is 29.3 Å². The van der Waals surface area contributed by atoms with Gasteiger partial charge in [0.05, 0.1) is 6.54 Å². The van der Waals surface area contributed by atoms with Crippen molar-refractivity contribution < 1.29 is 51.0 Å². The fraction of sp³-hybridized carbons (Fsp3) is 0.389. The molecule has 1 aliphatic heterocycles. The van der Waals surface area contributed by atoms with Gasteiger partial charge in [0.25, 0.3) is 6.43 Å². The fourth-order valence-electron chi connectivity index (χ4n) is 2.49. The molecule has 125 valence electrons. The molecule has 0 bridgehead atoms. The summed E-state index contributed by atoms with van der Waals surface area (Å²) in [7, 11) is 0. The second-order valence-electron chi connectivity index (χ2n) is 5.44. The fourth-order valence-corrected chi connectivity index (χ4v) is 2.49. The SMILES string of the molecule is C#CCOc1ccc(C2=[C-]CC(C)C(=O)N2CC(F)F)c(C)c1.[Y]. The second-order valence-corrected chi connectivity index (χ2v) is 5.44. The van der Waals surface area contributed by atoms with Crippen molar-refractivity contribution in [1.82, 2.24) is 4.90 Å². The van der Waals surface area contributed by atoms with Crippen LogP contribution in [-0.2, 0) is 37.5 Å². The van der Waals surface area contributed by atoms with Crippen molar-refractivity contribution in [2.75, 3.05) is 13.2 Å². The molecule has 6 heteroatoms. The molecule has 1 atom stereocenters. The quantitative estimate of drug-likeness (QED) is 0.554. The average molecular weight is 407 g/mol. The maximum Gasteiger partial charge on any atom is 0.256 e. The summed E-state index contributed by atoms with van der Waals surface area (Å²) in [6, 6.07) is 5.22.